The van der Waals surface area contributed by atoms with Crippen molar-refractivity contribution in [1.82, 2.24) is 10.6 Å². The Hall–Kier alpha value is -5.79. The number of carbonyl (C=O) groups is 5. The van der Waals surface area contributed by atoms with E-state index in [1.807, 2.05) is 0 Å². The van der Waals surface area contributed by atoms with E-state index in [2.05, 4.69) is 10.6 Å². The number of aliphatic hydroxyl groups is 1. The lowest BCUT2D eigenvalue weighted by molar-refractivity contribution is -0.135. The molecule has 0 saturated heterocycles. The Labute approximate surface area is 297 Å². The van der Waals surface area contributed by atoms with E-state index >= 15 is 0 Å². The molecule has 3 N–H and O–H groups in total. The monoisotopic (exact) mass is 710 g/mol. The molecule has 0 bridgehead atoms. The summed E-state index contributed by atoms with van der Waals surface area (Å²) in [5.74, 6) is -1.23. The minimum absolute atomic E-state index is 0.0192. The fourth-order valence-corrected chi connectivity index (χ4v) is 3.86. The van der Waals surface area contributed by atoms with Crippen LogP contribution >= 0.6 is 0 Å². The van der Waals surface area contributed by atoms with Crippen LogP contribution in [0.3, 0.4) is 0 Å². The minimum atomic E-state index is -0.661. The summed E-state index contributed by atoms with van der Waals surface area (Å²) in [5.41, 5.74) is -0.187. The zero-order valence-corrected chi connectivity index (χ0v) is 30.1. The third-order valence-electron chi connectivity index (χ3n) is 5.99. The summed E-state index contributed by atoms with van der Waals surface area (Å²) < 4.78 is 31.6. The Kier molecular flexibility index (Phi) is 15.8. The molecule has 2 aromatic carbocycles. The molecule has 0 saturated carbocycles. The Balaban J connectivity index is 1.93. The number of methoxy groups -OCH3 is 2. The summed E-state index contributed by atoms with van der Waals surface area (Å²) in [5, 5.41) is 15.3. The van der Waals surface area contributed by atoms with Gasteiger partial charge in [-0.3, -0.25) is 14.4 Å². The van der Waals surface area contributed by atoms with E-state index in [1.165, 1.54) is 50.7 Å². The Bertz CT molecular complexity index is 1650. The number of rotatable bonds is 15. The largest absolute Gasteiger partial charge is 0.508 e. The SMILES string of the molecule is COc1cc(/C=C/C(=O)C=C(O)/C=C/c2ccc(OC(=O)CCNC(=O)OC(C)(C)C)c(OC)c2)ccc1OC(=O)CCNC(=O)OC(C)(C)C. The van der Waals surface area contributed by atoms with Gasteiger partial charge in [0.1, 0.15) is 17.0 Å². The zero-order valence-electron chi connectivity index (χ0n) is 30.1. The number of alkyl carbamates (subject to hydrolysis) is 2. The van der Waals surface area contributed by atoms with Crippen LogP contribution in [0.15, 0.2) is 60.4 Å². The summed E-state index contributed by atoms with van der Waals surface area (Å²) in [6.07, 6.45) is 5.10. The number of hydrogen-bond acceptors (Lipinski definition) is 12. The number of allylic oxidation sites excluding steroid dienone is 3. The van der Waals surface area contributed by atoms with E-state index < -0.39 is 41.1 Å². The molecule has 2 rings (SSSR count). The van der Waals surface area contributed by atoms with Crippen molar-refractivity contribution in [2.75, 3.05) is 27.3 Å². The van der Waals surface area contributed by atoms with Gasteiger partial charge in [-0.2, -0.15) is 0 Å². The first-order valence-corrected chi connectivity index (χ1v) is 15.9. The summed E-state index contributed by atoms with van der Waals surface area (Å²) in [4.78, 5) is 60.4. The van der Waals surface area contributed by atoms with Crippen molar-refractivity contribution in [2.24, 2.45) is 0 Å². The second kappa shape index (κ2) is 19.4. The Morgan fingerprint density at radius 3 is 1.45 bits per heavy atom. The molecule has 0 atom stereocenters. The highest BCUT2D eigenvalue weighted by Gasteiger charge is 2.18. The maximum atomic E-state index is 12.5. The number of hydrogen-bond donors (Lipinski definition) is 3. The predicted molar refractivity (Wildman–Crippen MR) is 189 cm³/mol. The third kappa shape index (κ3) is 16.9. The number of nitrogens with one attached hydrogen (secondary N) is 2. The van der Waals surface area contributed by atoms with Crippen molar-refractivity contribution in [3.63, 3.8) is 0 Å². The molecule has 51 heavy (non-hydrogen) atoms. The van der Waals surface area contributed by atoms with Crippen molar-refractivity contribution in [3.8, 4) is 23.0 Å². The van der Waals surface area contributed by atoms with Crippen LogP contribution in [0.5, 0.6) is 23.0 Å². The Morgan fingerprint density at radius 2 is 1.06 bits per heavy atom. The van der Waals surface area contributed by atoms with Gasteiger partial charge < -0.3 is 44.2 Å². The molecule has 0 aliphatic carbocycles. The molecule has 0 aliphatic heterocycles. The molecular weight excluding hydrogens is 664 g/mol. The molecule has 276 valence electrons. The molecule has 0 aliphatic rings. The van der Waals surface area contributed by atoms with Crippen LogP contribution in [0.1, 0.15) is 65.5 Å². The molecule has 0 unspecified atom stereocenters. The lowest BCUT2D eigenvalue weighted by Gasteiger charge is -2.19. The third-order valence-corrected chi connectivity index (χ3v) is 5.99. The van der Waals surface area contributed by atoms with Crippen LogP contribution in [-0.2, 0) is 23.9 Å². The summed E-state index contributed by atoms with van der Waals surface area (Å²) >= 11 is 0. The van der Waals surface area contributed by atoms with Gasteiger partial charge in [-0.1, -0.05) is 24.3 Å². The standard InChI is InChI=1S/C37H46N2O12/c1-36(2,3)50-34(44)38-19-17-32(42)48-28-15-11-24(21-30(28)46-7)9-13-26(40)23-27(41)14-10-25-12-16-29(31(22-25)47-8)49-33(43)18-20-39-35(45)51-37(4,5)6/h9-16,21-23,40H,17-20H2,1-8H3,(H,38,44)(H,39,45)/b13-9+,14-10+,26-23?. The lowest BCUT2D eigenvalue weighted by atomic mass is 10.1. The molecular formula is C37H46N2O12. The highest BCUT2D eigenvalue weighted by atomic mass is 16.6. The minimum Gasteiger partial charge on any atom is -0.508 e. The normalized spacial score (nSPS) is 11.9. The van der Waals surface area contributed by atoms with E-state index in [9.17, 15) is 29.1 Å². The Morgan fingerprint density at radius 1 is 0.647 bits per heavy atom. The number of esters is 2. The molecule has 0 heterocycles. The summed E-state index contributed by atoms with van der Waals surface area (Å²) in [7, 11) is 2.80. The van der Waals surface area contributed by atoms with Crippen molar-refractivity contribution < 1.29 is 57.5 Å². The average molecular weight is 711 g/mol. The van der Waals surface area contributed by atoms with Crippen molar-refractivity contribution in [3.05, 3.63) is 71.5 Å². The van der Waals surface area contributed by atoms with Gasteiger partial charge in [0.2, 0.25) is 0 Å². The average Bonchev–Trinajstić information content (AvgIpc) is 3.02. The first-order valence-electron chi connectivity index (χ1n) is 15.9. The maximum absolute atomic E-state index is 12.5. The smallest absolute Gasteiger partial charge is 0.407 e. The first kappa shape index (κ1) is 41.4. The van der Waals surface area contributed by atoms with Gasteiger partial charge in [0.15, 0.2) is 28.8 Å². The molecule has 0 aromatic heterocycles. The fourth-order valence-electron chi connectivity index (χ4n) is 3.86. The van der Waals surface area contributed by atoms with E-state index in [0.29, 0.717) is 11.1 Å². The molecule has 0 fully saturated rings. The van der Waals surface area contributed by atoms with Gasteiger partial charge in [-0.15, -0.1) is 0 Å². The number of amides is 2. The van der Waals surface area contributed by atoms with Gasteiger partial charge in [0.05, 0.1) is 27.1 Å². The van der Waals surface area contributed by atoms with Crippen molar-refractivity contribution >= 4 is 42.1 Å². The van der Waals surface area contributed by atoms with Gasteiger partial charge in [-0.05, 0) is 89.1 Å². The number of ether oxygens (including phenoxy) is 6. The number of carbonyl (C=O) groups excluding carboxylic acids is 5. The van der Waals surface area contributed by atoms with Gasteiger partial charge in [0, 0.05) is 19.2 Å². The second-order valence-electron chi connectivity index (χ2n) is 12.8. The number of aliphatic hydroxyl groups excluding tert-OH is 1. The van der Waals surface area contributed by atoms with Gasteiger partial charge in [-0.25, -0.2) is 9.59 Å². The summed E-state index contributed by atoms with van der Waals surface area (Å²) in [6, 6.07) is 9.36. The van der Waals surface area contributed by atoms with E-state index in [0.717, 1.165) is 6.08 Å². The quantitative estimate of drug-likeness (QED) is 0.0637. The first-order chi connectivity index (χ1) is 23.9. The highest BCUT2D eigenvalue weighted by Crippen LogP contribution is 2.30. The van der Waals surface area contributed by atoms with Crippen LogP contribution in [0, 0.1) is 0 Å². The van der Waals surface area contributed by atoms with Gasteiger partial charge >= 0.3 is 24.1 Å². The summed E-state index contributed by atoms with van der Waals surface area (Å²) in [6.45, 7) is 10.4. The predicted octanol–water partition coefficient (Wildman–Crippen LogP) is 6.08. The molecule has 0 radical (unpaired) electrons. The zero-order chi connectivity index (χ0) is 38.2. The van der Waals surface area contributed by atoms with Crippen molar-refractivity contribution in [2.45, 2.75) is 65.6 Å². The van der Waals surface area contributed by atoms with E-state index in [1.54, 1.807) is 65.8 Å². The van der Waals surface area contributed by atoms with E-state index in [-0.39, 0.29) is 54.7 Å². The van der Waals surface area contributed by atoms with Crippen LogP contribution in [0.4, 0.5) is 9.59 Å². The molecule has 2 aromatic rings. The lowest BCUT2D eigenvalue weighted by Crippen LogP contribution is -2.34. The van der Waals surface area contributed by atoms with Gasteiger partial charge in [0.25, 0.3) is 0 Å². The number of benzene rings is 2. The van der Waals surface area contributed by atoms with E-state index in [4.69, 9.17) is 28.4 Å². The van der Waals surface area contributed by atoms with Crippen LogP contribution in [0.2, 0.25) is 0 Å². The highest BCUT2D eigenvalue weighted by molar-refractivity contribution is 6.02. The van der Waals surface area contributed by atoms with Crippen LogP contribution < -0.4 is 29.6 Å². The molecule has 0 spiro atoms. The van der Waals surface area contributed by atoms with Crippen LogP contribution in [-0.4, -0.2) is 73.5 Å². The maximum Gasteiger partial charge on any atom is 0.407 e. The molecule has 2 amide bonds. The fraction of sp³-hybridized carbons (Fsp3) is 0.378. The molecule has 14 nitrogen and oxygen atoms in total. The second-order valence-corrected chi connectivity index (χ2v) is 12.8. The molecule has 14 heteroatoms. The number of ketones is 1. The van der Waals surface area contributed by atoms with Crippen molar-refractivity contribution in [1.29, 1.82) is 0 Å². The topological polar surface area (TPSA) is 185 Å². The van der Waals surface area contributed by atoms with Crippen LogP contribution in [0.25, 0.3) is 12.2 Å².